The van der Waals surface area contributed by atoms with Crippen molar-refractivity contribution in [3.8, 4) is 11.3 Å². The van der Waals surface area contributed by atoms with Gasteiger partial charge in [-0.05, 0) is 40.0 Å². The maximum Gasteiger partial charge on any atom is 0.160 e. The molecule has 0 bridgehead atoms. The van der Waals surface area contributed by atoms with Gasteiger partial charge in [-0.15, -0.1) is 0 Å². The molecular formula is C20H19BrN4. The predicted molar refractivity (Wildman–Crippen MR) is 104 cm³/mol. The lowest BCUT2D eigenvalue weighted by molar-refractivity contribution is 0.563. The van der Waals surface area contributed by atoms with Crippen molar-refractivity contribution < 1.29 is 0 Å². The van der Waals surface area contributed by atoms with E-state index in [1.807, 2.05) is 29.1 Å². The summed E-state index contributed by atoms with van der Waals surface area (Å²) < 4.78 is 5.10. The van der Waals surface area contributed by atoms with E-state index in [0.29, 0.717) is 6.67 Å². The Bertz CT molecular complexity index is 1000. The van der Waals surface area contributed by atoms with Crippen LogP contribution in [0.25, 0.3) is 22.3 Å². The maximum atomic E-state index is 4.86. The first-order chi connectivity index (χ1) is 12.2. The number of aryl methyl sites for hydroxylation is 1. The molecule has 3 heterocycles. The van der Waals surface area contributed by atoms with E-state index in [0.717, 1.165) is 39.6 Å². The van der Waals surface area contributed by atoms with Crippen LogP contribution in [0.4, 0.5) is 0 Å². The van der Waals surface area contributed by atoms with Crippen molar-refractivity contribution in [1.29, 1.82) is 0 Å². The zero-order valence-electron chi connectivity index (χ0n) is 14.1. The lowest BCUT2D eigenvalue weighted by atomic mass is 10.1. The van der Waals surface area contributed by atoms with E-state index in [1.165, 1.54) is 5.56 Å². The van der Waals surface area contributed by atoms with Crippen LogP contribution in [0.1, 0.15) is 18.9 Å². The number of hydrogen-bond acceptors (Lipinski definition) is 2. The Labute approximate surface area is 155 Å². The van der Waals surface area contributed by atoms with Gasteiger partial charge >= 0.3 is 0 Å². The van der Waals surface area contributed by atoms with E-state index in [4.69, 9.17) is 5.10 Å². The number of fused-ring (bicyclic) bond motifs is 1. The van der Waals surface area contributed by atoms with Gasteiger partial charge in [-0.1, -0.05) is 43.7 Å². The molecule has 0 fully saturated rings. The maximum absolute atomic E-state index is 4.86. The van der Waals surface area contributed by atoms with E-state index in [1.54, 1.807) is 0 Å². The highest BCUT2D eigenvalue weighted by atomic mass is 79.9. The van der Waals surface area contributed by atoms with Gasteiger partial charge in [0.2, 0.25) is 0 Å². The summed E-state index contributed by atoms with van der Waals surface area (Å²) in [5.74, 6) is 0. The molecule has 0 aliphatic rings. The van der Waals surface area contributed by atoms with Gasteiger partial charge in [0.25, 0.3) is 0 Å². The molecule has 3 aromatic heterocycles. The molecule has 0 aliphatic heterocycles. The third-order valence-corrected chi connectivity index (χ3v) is 4.68. The minimum Gasteiger partial charge on any atom is -0.334 e. The molecule has 0 saturated carbocycles. The number of benzene rings is 1. The summed E-state index contributed by atoms with van der Waals surface area (Å²) in [4.78, 5) is 4.61. The first-order valence-electron chi connectivity index (χ1n) is 8.46. The van der Waals surface area contributed by atoms with Gasteiger partial charge in [0, 0.05) is 34.0 Å². The van der Waals surface area contributed by atoms with Crippen LogP contribution >= 0.6 is 15.9 Å². The fourth-order valence-electron chi connectivity index (χ4n) is 3.11. The van der Waals surface area contributed by atoms with Crippen LogP contribution in [0.5, 0.6) is 0 Å². The molecule has 4 rings (SSSR count). The molecule has 0 spiro atoms. The van der Waals surface area contributed by atoms with E-state index in [2.05, 4.69) is 69.1 Å². The molecule has 0 N–H and O–H groups in total. The Morgan fingerprint density at radius 3 is 2.76 bits per heavy atom. The highest BCUT2D eigenvalue weighted by Crippen LogP contribution is 2.28. The third-order valence-electron chi connectivity index (χ3n) is 4.25. The predicted octanol–water partition coefficient (Wildman–Crippen LogP) is 5.12. The van der Waals surface area contributed by atoms with Crippen molar-refractivity contribution in [1.82, 2.24) is 19.3 Å². The summed E-state index contributed by atoms with van der Waals surface area (Å²) in [5.41, 5.74) is 4.32. The lowest BCUT2D eigenvalue weighted by Crippen LogP contribution is -2.08. The molecule has 0 unspecified atom stereocenters. The second-order valence-electron chi connectivity index (χ2n) is 6.16. The van der Waals surface area contributed by atoms with Crippen molar-refractivity contribution in [2.75, 3.05) is 0 Å². The van der Waals surface area contributed by atoms with Gasteiger partial charge in [-0.25, -0.2) is 9.67 Å². The Kier molecular flexibility index (Phi) is 4.40. The largest absolute Gasteiger partial charge is 0.334 e. The van der Waals surface area contributed by atoms with Crippen LogP contribution in [0.2, 0.25) is 0 Å². The molecule has 4 aromatic rings. The average molecular weight is 395 g/mol. The molecule has 126 valence electrons. The monoisotopic (exact) mass is 394 g/mol. The second-order valence-corrected chi connectivity index (χ2v) is 7.08. The standard InChI is InChI=1S/C20H19BrN4/c1-2-6-15-9-10-24(13-15)14-25-20-18(11-17(21)12-22-20)19(23-25)16-7-4-3-5-8-16/h3-5,7-13H,2,6,14H2,1H3. The van der Waals surface area contributed by atoms with Crippen LogP contribution < -0.4 is 0 Å². The van der Waals surface area contributed by atoms with E-state index in [-0.39, 0.29) is 0 Å². The Hall–Kier alpha value is -2.40. The minimum absolute atomic E-state index is 0.654. The third kappa shape index (κ3) is 3.24. The zero-order chi connectivity index (χ0) is 17.2. The number of halogens is 1. The van der Waals surface area contributed by atoms with Gasteiger partial charge in [0.05, 0.1) is 0 Å². The zero-order valence-corrected chi connectivity index (χ0v) is 15.6. The van der Waals surface area contributed by atoms with Gasteiger partial charge in [0.1, 0.15) is 12.4 Å². The van der Waals surface area contributed by atoms with E-state index in [9.17, 15) is 0 Å². The number of aromatic nitrogens is 4. The van der Waals surface area contributed by atoms with Gasteiger partial charge in [0.15, 0.2) is 5.65 Å². The molecule has 0 atom stereocenters. The van der Waals surface area contributed by atoms with Crippen LogP contribution in [-0.2, 0) is 13.1 Å². The summed E-state index contributed by atoms with van der Waals surface area (Å²) in [6.07, 6.45) is 8.39. The molecule has 0 amide bonds. The normalized spacial score (nSPS) is 11.3. The van der Waals surface area contributed by atoms with Crippen LogP contribution in [-0.4, -0.2) is 19.3 Å². The number of rotatable bonds is 5. The SMILES string of the molecule is CCCc1ccn(Cn2nc(-c3ccccc3)c3cc(Br)cnc32)c1. The van der Waals surface area contributed by atoms with Crippen molar-refractivity contribution in [2.24, 2.45) is 0 Å². The Morgan fingerprint density at radius 2 is 1.96 bits per heavy atom. The highest BCUT2D eigenvalue weighted by molar-refractivity contribution is 9.10. The van der Waals surface area contributed by atoms with E-state index < -0.39 is 0 Å². The van der Waals surface area contributed by atoms with Crippen LogP contribution in [0.3, 0.4) is 0 Å². The van der Waals surface area contributed by atoms with Crippen molar-refractivity contribution in [2.45, 2.75) is 26.4 Å². The van der Waals surface area contributed by atoms with E-state index >= 15 is 0 Å². The molecule has 5 heteroatoms. The van der Waals surface area contributed by atoms with Crippen LogP contribution in [0, 0.1) is 0 Å². The topological polar surface area (TPSA) is 35.6 Å². The fraction of sp³-hybridized carbons (Fsp3) is 0.200. The minimum atomic E-state index is 0.654. The molecule has 4 nitrogen and oxygen atoms in total. The van der Waals surface area contributed by atoms with Crippen molar-refractivity contribution in [3.63, 3.8) is 0 Å². The molecule has 0 radical (unpaired) electrons. The van der Waals surface area contributed by atoms with Gasteiger partial charge < -0.3 is 4.57 Å². The summed E-state index contributed by atoms with van der Waals surface area (Å²) in [7, 11) is 0. The smallest absolute Gasteiger partial charge is 0.160 e. The summed E-state index contributed by atoms with van der Waals surface area (Å²) >= 11 is 3.53. The van der Waals surface area contributed by atoms with Gasteiger partial charge in [-0.3, -0.25) is 0 Å². The quantitative estimate of drug-likeness (QED) is 0.470. The molecule has 1 aromatic carbocycles. The number of hydrogen-bond donors (Lipinski definition) is 0. The van der Waals surface area contributed by atoms with Crippen LogP contribution in [0.15, 0.2) is 65.5 Å². The van der Waals surface area contributed by atoms with Crippen molar-refractivity contribution >= 4 is 27.0 Å². The van der Waals surface area contributed by atoms with Gasteiger partial charge in [-0.2, -0.15) is 5.10 Å². The summed E-state index contributed by atoms with van der Waals surface area (Å²) in [6, 6.07) is 14.5. The average Bonchev–Trinajstić information content (AvgIpc) is 3.21. The number of pyridine rings is 1. The van der Waals surface area contributed by atoms with Crippen molar-refractivity contribution in [3.05, 3.63) is 71.1 Å². The summed E-state index contributed by atoms with van der Waals surface area (Å²) in [6.45, 7) is 2.86. The highest BCUT2D eigenvalue weighted by Gasteiger charge is 2.14. The number of nitrogens with zero attached hydrogens (tertiary/aromatic N) is 4. The first kappa shape index (κ1) is 16.1. The Balaban J connectivity index is 1.78. The molecular weight excluding hydrogens is 376 g/mol. The molecule has 0 aliphatic carbocycles. The summed E-state index contributed by atoms with van der Waals surface area (Å²) in [5, 5.41) is 5.92. The Morgan fingerprint density at radius 1 is 1.12 bits per heavy atom. The lowest BCUT2D eigenvalue weighted by Gasteiger charge is -2.04. The second kappa shape index (κ2) is 6.84. The first-order valence-corrected chi connectivity index (χ1v) is 9.26. The fourth-order valence-corrected chi connectivity index (χ4v) is 3.44. The molecule has 0 saturated heterocycles. The molecule has 25 heavy (non-hydrogen) atoms.